The van der Waals surface area contributed by atoms with Gasteiger partial charge >= 0.3 is 5.76 Å². The van der Waals surface area contributed by atoms with Gasteiger partial charge in [-0.2, -0.15) is 0 Å². The minimum atomic E-state index is -0.461. The van der Waals surface area contributed by atoms with Gasteiger partial charge in [-0.1, -0.05) is 6.07 Å². The van der Waals surface area contributed by atoms with Gasteiger partial charge in [-0.3, -0.25) is 9.36 Å². The molecule has 1 amide bonds. The number of para-hydroxylation sites is 1. The molecular weight excluding hydrogens is 341 g/mol. The quantitative estimate of drug-likeness (QED) is 0.629. The predicted molar refractivity (Wildman–Crippen MR) is 94.8 cm³/mol. The van der Waals surface area contributed by atoms with E-state index in [-0.39, 0.29) is 24.9 Å². The van der Waals surface area contributed by atoms with Crippen molar-refractivity contribution >= 4 is 22.7 Å². The summed E-state index contributed by atoms with van der Waals surface area (Å²) in [6, 6.07) is 10.9. The van der Waals surface area contributed by atoms with Gasteiger partial charge in [0.25, 0.3) is 0 Å². The first kappa shape index (κ1) is 17.5. The number of halogens is 1. The fourth-order valence-electron chi connectivity index (χ4n) is 2.42. The van der Waals surface area contributed by atoms with Gasteiger partial charge in [-0.15, -0.1) is 0 Å². The number of hydrogen-bond donors (Lipinski definition) is 2. The standard InChI is InChI=1S/C18H18FN3O4/c1-22-15-4-2-3-14(17(15)26-18(22)24)21-11-16(23)20-9-10-25-13-7-5-12(19)6-8-13/h2-8,21H,9-11H2,1H3,(H,20,23). The van der Waals surface area contributed by atoms with Crippen LogP contribution < -0.4 is 21.1 Å². The Morgan fingerprint density at radius 3 is 2.77 bits per heavy atom. The van der Waals surface area contributed by atoms with Gasteiger partial charge in [-0.05, 0) is 36.4 Å². The molecule has 0 saturated heterocycles. The largest absolute Gasteiger partial charge is 0.492 e. The van der Waals surface area contributed by atoms with E-state index in [4.69, 9.17) is 9.15 Å². The molecule has 0 atom stereocenters. The number of hydrogen-bond acceptors (Lipinski definition) is 5. The summed E-state index contributed by atoms with van der Waals surface area (Å²) in [7, 11) is 1.62. The number of nitrogens with zero attached hydrogens (tertiary/aromatic N) is 1. The van der Waals surface area contributed by atoms with Crippen LogP contribution in [-0.2, 0) is 11.8 Å². The second-order valence-electron chi connectivity index (χ2n) is 5.59. The summed E-state index contributed by atoms with van der Waals surface area (Å²) in [6.07, 6.45) is 0. The maximum absolute atomic E-state index is 12.8. The molecule has 0 radical (unpaired) electrons. The highest BCUT2D eigenvalue weighted by molar-refractivity contribution is 5.89. The monoisotopic (exact) mass is 359 g/mol. The summed E-state index contributed by atoms with van der Waals surface area (Å²) in [5, 5.41) is 5.65. The van der Waals surface area contributed by atoms with E-state index in [1.807, 2.05) is 0 Å². The van der Waals surface area contributed by atoms with Crippen LogP contribution in [0.1, 0.15) is 0 Å². The Balaban J connectivity index is 1.46. The molecule has 0 fully saturated rings. The molecule has 3 aromatic rings. The SMILES string of the molecule is Cn1c(=O)oc2c(NCC(=O)NCCOc3ccc(F)cc3)cccc21. The van der Waals surface area contributed by atoms with Gasteiger partial charge < -0.3 is 19.8 Å². The average Bonchev–Trinajstić information content (AvgIpc) is 2.93. The van der Waals surface area contributed by atoms with Gasteiger partial charge in [0.1, 0.15) is 18.2 Å². The number of rotatable bonds is 7. The number of amides is 1. The number of oxazole rings is 1. The molecule has 26 heavy (non-hydrogen) atoms. The molecule has 0 unspecified atom stereocenters. The van der Waals surface area contributed by atoms with Crippen LogP contribution in [0.15, 0.2) is 51.7 Å². The van der Waals surface area contributed by atoms with Crippen LogP contribution in [0.4, 0.5) is 10.1 Å². The van der Waals surface area contributed by atoms with E-state index in [0.29, 0.717) is 29.1 Å². The molecule has 0 bridgehead atoms. The zero-order chi connectivity index (χ0) is 18.5. The Hall–Kier alpha value is -3.29. The molecule has 2 aromatic carbocycles. The normalized spacial score (nSPS) is 10.7. The molecule has 7 nitrogen and oxygen atoms in total. The van der Waals surface area contributed by atoms with E-state index in [1.54, 1.807) is 25.2 Å². The summed E-state index contributed by atoms with van der Waals surface area (Å²) >= 11 is 0. The molecule has 1 heterocycles. The van der Waals surface area contributed by atoms with Crippen molar-refractivity contribution in [2.75, 3.05) is 25.0 Å². The van der Waals surface area contributed by atoms with E-state index < -0.39 is 5.76 Å². The molecule has 0 aliphatic carbocycles. The zero-order valence-corrected chi connectivity index (χ0v) is 14.1. The summed E-state index contributed by atoms with van der Waals surface area (Å²) in [5.41, 5.74) is 1.62. The van der Waals surface area contributed by atoms with Crippen LogP contribution in [0, 0.1) is 5.82 Å². The molecule has 0 saturated carbocycles. The molecule has 0 aliphatic rings. The maximum Gasteiger partial charge on any atom is 0.419 e. The number of benzene rings is 2. The van der Waals surface area contributed by atoms with Crippen molar-refractivity contribution in [3.05, 3.63) is 58.8 Å². The lowest BCUT2D eigenvalue weighted by molar-refractivity contribution is -0.119. The molecular formula is C18H18FN3O4. The zero-order valence-electron chi connectivity index (χ0n) is 14.1. The number of aromatic nitrogens is 1. The Labute approximate surface area is 148 Å². The summed E-state index contributed by atoms with van der Waals surface area (Å²) in [4.78, 5) is 23.5. The first-order chi connectivity index (χ1) is 12.5. The van der Waals surface area contributed by atoms with Crippen molar-refractivity contribution in [1.82, 2.24) is 9.88 Å². The van der Waals surface area contributed by atoms with Crippen LogP contribution in [0.5, 0.6) is 5.75 Å². The highest BCUT2D eigenvalue weighted by atomic mass is 19.1. The lowest BCUT2D eigenvalue weighted by Gasteiger charge is -2.09. The first-order valence-electron chi connectivity index (χ1n) is 8.02. The van der Waals surface area contributed by atoms with Crippen LogP contribution in [0.25, 0.3) is 11.1 Å². The Morgan fingerprint density at radius 2 is 2.00 bits per heavy atom. The average molecular weight is 359 g/mol. The fraction of sp³-hybridized carbons (Fsp3) is 0.222. The van der Waals surface area contributed by atoms with Gasteiger partial charge in [-0.25, -0.2) is 9.18 Å². The molecule has 2 N–H and O–H groups in total. The Kier molecular flexibility index (Phi) is 5.21. The van der Waals surface area contributed by atoms with E-state index >= 15 is 0 Å². The van der Waals surface area contributed by atoms with Gasteiger partial charge in [0.2, 0.25) is 5.91 Å². The summed E-state index contributed by atoms with van der Waals surface area (Å²) in [5.74, 6) is -0.495. The number of nitrogens with one attached hydrogen (secondary N) is 2. The van der Waals surface area contributed by atoms with Gasteiger partial charge in [0, 0.05) is 7.05 Å². The van der Waals surface area contributed by atoms with E-state index in [0.717, 1.165) is 0 Å². The topological polar surface area (TPSA) is 85.5 Å². The van der Waals surface area contributed by atoms with Gasteiger partial charge in [0.05, 0.1) is 24.3 Å². The van der Waals surface area contributed by atoms with Crippen molar-refractivity contribution in [3.63, 3.8) is 0 Å². The third-order valence-electron chi connectivity index (χ3n) is 3.76. The molecule has 0 spiro atoms. The lowest BCUT2D eigenvalue weighted by Crippen LogP contribution is -2.33. The van der Waals surface area contributed by atoms with E-state index in [2.05, 4.69) is 10.6 Å². The second kappa shape index (κ2) is 7.73. The van der Waals surface area contributed by atoms with Crippen LogP contribution >= 0.6 is 0 Å². The maximum atomic E-state index is 12.8. The third-order valence-corrected chi connectivity index (χ3v) is 3.76. The Morgan fingerprint density at radius 1 is 1.23 bits per heavy atom. The van der Waals surface area contributed by atoms with E-state index in [9.17, 15) is 14.0 Å². The fourth-order valence-corrected chi connectivity index (χ4v) is 2.42. The van der Waals surface area contributed by atoms with Crippen molar-refractivity contribution in [1.29, 1.82) is 0 Å². The molecule has 1 aromatic heterocycles. The van der Waals surface area contributed by atoms with Gasteiger partial charge in [0.15, 0.2) is 5.58 Å². The highest BCUT2D eigenvalue weighted by Crippen LogP contribution is 2.21. The number of anilines is 1. The molecule has 3 rings (SSSR count). The molecule has 8 heteroatoms. The number of carbonyl (C=O) groups is 1. The summed E-state index contributed by atoms with van der Waals surface area (Å²) in [6.45, 7) is 0.595. The first-order valence-corrected chi connectivity index (χ1v) is 8.02. The third kappa shape index (κ3) is 4.02. The van der Waals surface area contributed by atoms with Crippen LogP contribution in [0.3, 0.4) is 0 Å². The molecule has 0 aliphatic heterocycles. The van der Waals surface area contributed by atoms with Crippen LogP contribution in [-0.4, -0.2) is 30.2 Å². The number of carbonyl (C=O) groups excluding carboxylic acids is 1. The highest BCUT2D eigenvalue weighted by Gasteiger charge is 2.10. The van der Waals surface area contributed by atoms with Crippen LogP contribution in [0.2, 0.25) is 0 Å². The lowest BCUT2D eigenvalue weighted by atomic mass is 10.2. The predicted octanol–water partition coefficient (Wildman–Crippen LogP) is 1.88. The molecule has 136 valence electrons. The summed E-state index contributed by atoms with van der Waals surface area (Å²) < 4.78 is 24.8. The minimum absolute atomic E-state index is 0.0221. The van der Waals surface area contributed by atoms with Crippen molar-refractivity contribution in [3.8, 4) is 5.75 Å². The minimum Gasteiger partial charge on any atom is -0.492 e. The number of ether oxygens (including phenoxy) is 1. The smallest absolute Gasteiger partial charge is 0.419 e. The van der Waals surface area contributed by atoms with Crippen molar-refractivity contribution in [2.24, 2.45) is 7.05 Å². The van der Waals surface area contributed by atoms with Crippen molar-refractivity contribution in [2.45, 2.75) is 0 Å². The number of aryl methyl sites for hydroxylation is 1. The van der Waals surface area contributed by atoms with E-state index in [1.165, 1.54) is 28.8 Å². The Bertz CT molecular complexity index is 963. The second-order valence-corrected chi connectivity index (χ2v) is 5.59. The number of fused-ring (bicyclic) bond motifs is 1. The van der Waals surface area contributed by atoms with Crippen molar-refractivity contribution < 1.29 is 18.3 Å².